The maximum Gasteiger partial charge on any atom is 0.419 e. The zero-order chi connectivity index (χ0) is 21.9. The molecule has 0 saturated carbocycles. The van der Waals surface area contributed by atoms with Gasteiger partial charge in [-0.2, -0.15) is 10.5 Å². The summed E-state index contributed by atoms with van der Waals surface area (Å²) in [5.41, 5.74) is 0.422. The highest BCUT2D eigenvalue weighted by molar-refractivity contribution is 6.02. The van der Waals surface area contributed by atoms with Crippen LogP contribution >= 0.6 is 0 Å². The molecule has 154 valence electrons. The maximum atomic E-state index is 12.8. The lowest BCUT2D eigenvalue weighted by Gasteiger charge is -2.20. The van der Waals surface area contributed by atoms with E-state index in [9.17, 15) is 14.9 Å². The van der Waals surface area contributed by atoms with E-state index in [1.165, 1.54) is 13.3 Å². The Balaban J connectivity index is 2.04. The van der Waals surface area contributed by atoms with Crippen molar-refractivity contribution in [2.24, 2.45) is 0 Å². The van der Waals surface area contributed by atoms with E-state index >= 15 is 0 Å². The number of nitrogens with one attached hydrogen (secondary N) is 2. The van der Waals surface area contributed by atoms with Crippen LogP contribution in [0.5, 0.6) is 0 Å². The largest absolute Gasteiger partial charge is 0.464 e. The Kier molecular flexibility index (Phi) is 5.50. The van der Waals surface area contributed by atoms with E-state index in [0.29, 0.717) is 16.6 Å². The fourth-order valence-corrected chi connectivity index (χ4v) is 2.63. The minimum atomic E-state index is -0.758. The van der Waals surface area contributed by atoms with Gasteiger partial charge in [0.15, 0.2) is 0 Å². The Morgan fingerprint density at radius 1 is 1.30 bits per heavy atom. The molecule has 2 heterocycles. The second kappa shape index (κ2) is 8.04. The number of H-pyrrole nitrogens is 1. The number of hydrogen-bond donors (Lipinski definition) is 2. The highest BCUT2D eigenvalue weighted by Crippen LogP contribution is 2.26. The number of allylic oxidation sites excluding steroid dienone is 1. The van der Waals surface area contributed by atoms with Gasteiger partial charge in [0.1, 0.15) is 22.9 Å². The van der Waals surface area contributed by atoms with Crippen molar-refractivity contribution in [3.63, 3.8) is 0 Å². The number of nitriles is 1. The highest BCUT2D eigenvalue weighted by atomic mass is 16.6. The van der Waals surface area contributed by atoms with Crippen LogP contribution < -0.4 is 5.32 Å². The van der Waals surface area contributed by atoms with Crippen molar-refractivity contribution in [3.8, 4) is 6.07 Å². The van der Waals surface area contributed by atoms with Gasteiger partial charge in [0.25, 0.3) is 0 Å². The summed E-state index contributed by atoms with van der Waals surface area (Å²) in [5, 5.41) is 26.1. The number of rotatable bonds is 4. The Bertz CT molecular complexity index is 1160. The van der Waals surface area contributed by atoms with Crippen LogP contribution in [0.4, 0.5) is 10.5 Å². The van der Waals surface area contributed by atoms with Gasteiger partial charge < -0.3 is 14.8 Å². The molecule has 1 aromatic carbocycles. The second-order valence-corrected chi connectivity index (χ2v) is 7.16. The van der Waals surface area contributed by atoms with E-state index in [2.05, 4.69) is 25.9 Å². The average molecular weight is 409 g/mol. The Hall–Kier alpha value is -4.20. The molecule has 11 nitrogen and oxygen atoms in total. The molecule has 3 rings (SSSR count). The molecule has 0 aliphatic rings. The molecule has 0 amide bonds. The number of esters is 1. The van der Waals surface area contributed by atoms with Crippen molar-refractivity contribution in [3.05, 3.63) is 42.0 Å². The second-order valence-electron chi connectivity index (χ2n) is 7.16. The van der Waals surface area contributed by atoms with Crippen LogP contribution in [0.3, 0.4) is 0 Å². The smallest absolute Gasteiger partial charge is 0.419 e. The minimum absolute atomic E-state index is 0.0407. The molecule has 11 heteroatoms. The van der Waals surface area contributed by atoms with E-state index < -0.39 is 17.7 Å². The van der Waals surface area contributed by atoms with Gasteiger partial charge in [0.2, 0.25) is 5.82 Å². The Labute approximate surface area is 171 Å². The van der Waals surface area contributed by atoms with Gasteiger partial charge in [-0.25, -0.2) is 14.2 Å². The summed E-state index contributed by atoms with van der Waals surface area (Å²) in [4.78, 5) is 25.0. The van der Waals surface area contributed by atoms with Crippen molar-refractivity contribution in [2.45, 2.75) is 26.4 Å². The van der Waals surface area contributed by atoms with E-state index in [1.54, 1.807) is 45.0 Å². The zero-order valence-corrected chi connectivity index (χ0v) is 16.8. The molecule has 0 aliphatic carbocycles. The summed E-state index contributed by atoms with van der Waals surface area (Å²) in [7, 11) is 1.23. The molecule has 0 saturated heterocycles. The van der Waals surface area contributed by atoms with Gasteiger partial charge in [-0.3, -0.25) is 0 Å². The number of ether oxygens (including phenoxy) is 2. The lowest BCUT2D eigenvalue weighted by molar-refractivity contribution is 0.0490. The quantitative estimate of drug-likeness (QED) is 0.490. The first-order valence-electron chi connectivity index (χ1n) is 8.81. The van der Waals surface area contributed by atoms with Crippen LogP contribution in [-0.4, -0.2) is 50.0 Å². The van der Waals surface area contributed by atoms with Gasteiger partial charge in [0.05, 0.1) is 12.6 Å². The fourth-order valence-electron chi connectivity index (χ4n) is 2.63. The standard InChI is InChI=1S/C19H19N7O4/c1-19(2,3)30-18(28)26-14-8-13(6-5-11(14)7-15(26)17(27)29-4)21-10-12(9-20)16-22-24-25-23-16/h5-8,10,21H,1-4H3,(H,22,23,24,25). The van der Waals surface area contributed by atoms with Crippen LogP contribution in [0.25, 0.3) is 16.5 Å². The lowest BCUT2D eigenvalue weighted by Crippen LogP contribution is -2.29. The van der Waals surface area contributed by atoms with Crippen LogP contribution in [0, 0.1) is 11.3 Å². The first-order chi connectivity index (χ1) is 14.2. The number of tetrazole rings is 1. The molecule has 0 bridgehead atoms. The minimum Gasteiger partial charge on any atom is -0.464 e. The van der Waals surface area contributed by atoms with Crippen molar-refractivity contribution >= 4 is 34.2 Å². The van der Waals surface area contributed by atoms with Gasteiger partial charge >= 0.3 is 12.1 Å². The van der Waals surface area contributed by atoms with E-state index in [0.717, 1.165) is 4.57 Å². The molecule has 2 aromatic heterocycles. The molecule has 0 atom stereocenters. The molecule has 3 aromatic rings. The number of nitrogens with zero attached hydrogens (tertiary/aromatic N) is 5. The molecule has 0 fully saturated rings. The third-order valence-corrected chi connectivity index (χ3v) is 3.86. The predicted octanol–water partition coefficient (Wildman–Crippen LogP) is 2.70. The topological polar surface area (TPSA) is 148 Å². The number of benzene rings is 1. The third kappa shape index (κ3) is 4.27. The van der Waals surface area contributed by atoms with Crippen molar-refractivity contribution in [1.82, 2.24) is 25.2 Å². The summed E-state index contributed by atoms with van der Waals surface area (Å²) < 4.78 is 11.4. The first kappa shape index (κ1) is 20.5. The molecule has 30 heavy (non-hydrogen) atoms. The van der Waals surface area contributed by atoms with Crippen LogP contribution in [0.2, 0.25) is 0 Å². The summed E-state index contributed by atoms with van der Waals surface area (Å²) in [6.45, 7) is 5.19. The molecular weight excluding hydrogens is 390 g/mol. The molecule has 2 N–H and O–H groups in total. The Morgan fingerprint density at radius 3 is 2.67 bits per heavy atom. The first-order valence-corrected chi connectivity index (χ1v) is 8.81. The summed E-state index contributed by atoms with van der Waals surface area (Å²) in [6, 6.07) is 8.61. The van der Waals surface area contributed by atoms with E-state index in [-0.39, 0.29) is 17.1 Å². The van der Waals surface area contributed by atoms with Gasteiger partial charge in [-0.1, -0.05) is 6.07 Å². The molecular formula is C19H19N7O4. The van der Waals surface area contributed by atoms with Crippen molar-refractivity contribution < 1.29 is 19.1 Å². The summed E-state index contributed by atoms with van der Waals surface area (Å²) in [6.07, 6.45) is 0.698. The molecule has 0 unspecified atom stereocenters. The number of hydrogen-bond acceptors (Lipinski definition) is 9. The van der Waals surface area contributed by atoms with Gasteiger partial charge in [-0.15, -0.1) is 10.2 Å². The van der Waals surface area contributed by atoms with E-state index in [1.807, 2.05) is 6.07 Å². The van der Waals surface area contributed by atoms with Crippen LogP contribution in [0.1, 0.15) is 37.1 Å². The number of carbonyl (C=O) groups is 2. The number of fused-ring (bicyclic) bond motifs is 1. The number of aromatic nitrogens is 5. The Morgan fingerprint density at radius 2 is 2.07 bits per heavy atom. The van der Waals surface area contributed by atoms with Crippen molar-refractivity contribution in [2.75, 3.05) is 12.4 Å². The number of aromatic amines is 1. The summed E-state index contributed by atoms with van der Waals surface area (Å²) in [5.74, 6) is -0.536. The molecule has 0 radical (unpaired) electrons. The predicted molar refractivity (Wildman–Crippen MR) is 106 cm³/mol. The molecule has 0 spiro atoms. The number of anilines is 1. The monoisotopic (exact) mass is 409 g/mol. The van der Waals surface area contributed by atoms with Crippen LogP contribution in [-0.2, 0) is 9.47 Å². The van der Waals surface area contributed by atoms with Gasteiger partial charge in [-0.05, 0) is 44.2 Å². The maximum absolute atomic E-state index is 12.8. The van der Waals surface area contributed by atoms with Crippen molar-refractivity contribution in [1.29, 1.82) is 5.26 Å². The lowest BCUT2D eigenvalue weighted by atomic mass is 10.2. The SMILES string of the molecule is COC(=O)c1cc2ccc(NC=C(C#N)c3nn[nH]n3)cc2n1C(=O)OC(C)(C)C. The molecule has 0 aliphatic heterocycles. The van der Waals surface area contributed by atoms with Crippen LogP contribution in [0.15, 0.2) is 30.5 Å². The average Bonchev–Trinajstić information content (AvgIpc) is 3.34. The number of methoxy groups -OCH3 is 1. The normalized spacial score (nSPS) is 11.8. The van der Waals surface area contributed by atoms with Gasteiger partial charge in [0, 0.05) is 17.3 Å². The highest BCUT2D eigenvalue weighted by Gasteiger charge is 2.25. The summed E-state index contributed by atoms with van der Waals surface area (Å²) >= 11 is 0. The third-order valence-electron chi connectivity index (χ3n) is 3.86. The zero-order valence-electron chi connectivity index (χ0n) is 16.8. The number of carbonyl (C=O) groups excluding carboxylic acids is 2. The fraction of sp³-hybridized carbons (Fsp3) is 0.263. The van der Waals surface area contributed by atoms with E-state index in [4.69, 9.17) is 9.47 Å².